The molecule has 2 rings (SSSR count). The molecule has 1 saturated carbocycles. The maximum atomic E-state index is 12.3. The average Bonchev–Trinajstić information content (AvgIpc) is 3.14. The quantitative estimate of drug-likeness (QED) is 0.538. The van der Waals surface area contributed by atoms with Crippen LogP contribution in [0.25, 0.3) is 0 Å². The first-order valence-electron chi connectivity index (χ1n) is 11.0. The molecule has 0 radical (unpaired) electrons. The Bertz CT molecular complexity index is 688. The van der Waals surface area contributed by atoms with Crippen molar-refractivity contribution in [3.63, 3.8) is 0 Å². The van der Waals surface area contributed by atoms with Crippen LogP contribution in [0.3, 0.4) is 0 Å². The smallest absolute Gasteiger partial charge is 0.407 e. The lowest BCUT2D eigenvalue weighted by atomic mass is 9.81. The number of hydrogen-bond acceptors (Lipinski definition) is 5. The molecule has 1 fully saturated rings. The van der Waals surface area contributed by atoms with Crippen LogP contribution in [-0.2, 0) is 11.2 Å². The summed E-state index contributed by atoms with van der Waals surface area (Å²) in [4.78, 5) is 12.3. The number of ether oxygens (including phenoxy) is 1. The van der Waals surface area contributed by atoms with E-state index in [4.69, 9.17) is 10.00 Å². The zero-order valence-corrected chi connectivity index (χ0v) is 18.6. The van der Waals surface area contributed by atoms with Gasteiger partial charge in [0.25, 0.3) is 0 Å². The van der Waals surface area contributed by atoms with Gasteiger partial charge in [0.05, 0.1) is 18.2 Å². The van der Waals surface area contributed by atoms with Crippen molar-refractivity contribution in [1.82, 2.24) is 10.6 Å². The minimum absolute atomic E-state index is 0.156. The van der Waals surface area contributed by atoms with Gasteiger partial charge in [-0.25, -0.2) is 4.79 Å². The summed E-state index contributed by atoms with van der Waals surface area (Å²) in [5, 5.41) is 26.1. The normalized spacial score (nSPS) is 17.7. The fourth-order valence-corrected chi connectivity index (χ4v) is 4.20. The van der Waals surface area contributed by atoms with Crippen LogP contribution in [0.2, 0.25) is 0 Å². The monoisotopic (exact) mass is 415 g/mol. The molecule has 1 aliphatic rings. The first-order valence-corrected chi connectivity index (χ1v) is 11.0. The van der Waals surface area contributed by atoms with Crippen LogP contribution < -0.4 is 10.6 Å². The molecule has 166 valence electrons. The summed E-state index contributed by atoms with van der Waals surface area (Å²) in [5.41, 5.74) is 0.599. The number of benzene rings is 1. The molecule has 2 atom stereocenters. The molecule has 1 aromatic rings. The summed E-state index contributed by atoms with van der Waals surface area (Å²) in [6.45, 7) is 6.62. The minimum atomic E-state index is -0.757. The highest BCUT2D eigenvalue weighted by molar-refractivity contribution is 5.68. The highest BCUT2D eigenvalue weighted by atomic mass is 16.6. The predicted octanol–water partition coefficient (Wildman–Crippen LogP) is 3.94. The van der Waals surface area contributed by atoms with Crippen LogP contribution in [0.1, 0.15) is 64.9 Å². The number of nitrogens with zero attached hydrogens (tertiary/aromatic N) is 1. The van der Waals surface area contributed by atoms with Crippen LogP contribution in [0.15, 0.2) is 30.3 Å². The standard InChI is InChI=1S/C24H37N3O3/c1-23(2,3)30-22(29)27-20(16-19-10-5-4-6-11-19)21(28)17-26-18-24(14-9-15-25)12-7-8-13-24/h4-6,10-11,20-21,26,28H,7-9,12-14,16-18H2,1-3H3,(H,27,29). The second-order valence-electron chi connectivity index (χ2n) is 9.51. The number of nitriles is 1. The van der Waals surface area contributed by atoms with Crippen molar-refractivity contribution < 1.29 is 14.6 Å². The summed E-state index contributed by atoms with van der Waals surface area (Å²) in [6, 6.07) is 11.6. The molecule has 2 unspecified atom stereocenters. The predicted molar refractivity (Wildman–Crippen MR) is 118 cm³/mol. The van der Waals surface area contributed by atoms with Crippen LogP contribution in [0.5, 0.6) is 0 Å². The van der Waals surface area contributed by atoms with Gasteiger partial charge in [0.1, 0.15) is 5.60 Å². The highest BCUT2D eigenvalue weighted by Gasteiger charge is 2.33. The maximum absolute atomic E-state index is 12.3. The fourth-order valence-electron chi connectivity index (χ4n) is 4.20. The Morgan fingerprint density at radius 1 is 1.27 bits per heavy atom. The summed E-state index contributed by atoms with van der Waals surface area (Å²) in [7, 11) is 0. The van der Waals surface area contributed by atoms with Crippen molar-refractivity contribution in [2.24, 2.45) is 5.41 Å². The van der Waals surface area contributed by atoms with E-state index < -0.39 is 23.8 Å². The lowest BCUT2D eigenvalue weighted by Crippen LogP contribution is -2.50. The molecule has 1 aromatic carbocycles. The second kappa shape index (κ2) is 11.3. The third-order valence-electron chi connectivity index (χ3n) is 5.75. The summed E-state index contributed by atoms with van der Waals surface area (Å²) in [6.07, 6.45) is 5.36. The van der Waals surface area contributed by atoms with Crippen molar-refractivity contribution in [3.8, 4) is 6.07 Å². The molecule has 0 saturated heterocycles. The molecule has 30 heavy (non-hydrogen) atoms. The first kappa shape index (κ1) is 24.2. The molecule has 1 aliphatic carbocycles. The van der Waals surface area contributed by atoms with Crippen molar-refractivity contribution in [1.29, 1.82) is 5.26 Å². The van der Waals surface area contributed by atoms with Gasteiger partial charge in [0.15, 0.2) is 0 Å². The van der Waals surface area contributed by atoms with Gasteiger partial charge in [-0.3, -0.25) is 0 Å². The molecule has 0 aromatic heterocycles. The van der Waals surface area contributed by atoms with Gasteiger partial charge in [-0.15, -0.1) is 0 Å². The van der Waals surface area contributed by atoms with E-state index in [1.165, 1.54) is 12.8 Å². The van der Waals surface area contributed by atoms with Crippen molar-refractivity contribution in [3.05, 3.63) is 35.9 Å². The lowest BCUT2D eigenvalue weighted by Gasteiger charge is -2.31. The number of rotatable bonds is 10. The number of carbonyl (C=O) groups excluding carboxylic acids is 1. The third kappa shape index (κ3) is 8.33. The molecule has 1 amide bonds. The Morgan fingerprint density at radius 3 is 2.53 bits per heavy atom. The molecule has 0 aliphatic heterocycles. The molecule has 6 heteroatoms. The van der Waals surface area contributed by atoms with Crippen LogP contribution in [0.4, 0.5) is 4.79 Å². The number of hydrogen-bond donors (Lipinski definition) is 3. The van der Waals surface area contributed by atoms with Gasteiger partial charge in [-0.05, 0) is 57.4 Å². The fraction of sp³-hybridized carbons (Fsp3) is 0.667. The molecule has 6 nitrogen and oxygen atoms in total. The summed E-state index contributed by atoms with van der Waals surface area (Å²) >= 11 is 0. The molecule has 0 bridgehead atoms. The maximum Gasteiger partial charge on any atom is 0.407 e. The Kier molecular flexibility index (Phi) is 9.13. The van der Waals surface area contributed by atoms with E-state index in [9.17, 15) is 9.90 Å². The molecular formula is C24H37N3O3. The highest BCUT2D eigenvalue weighted by Crippen LogP contribution is 2.41. The number of amides is 1. The summed E-state index contributed by atoms with van der Waals surface area (Å²) < 4.78 is 5.39. The van der Waals surface area contributed by atoms with Crippen LogP contribution in [0, 0.1) is 16.7 Å². The Morgan fingerprint density at radius 2 is 1.93 bits per heavy atom. The zero-order valence-electron chi connectivity index (χ0n) is 18.6. The topological polar surface area (TPSA) is 94.4 Å². The van der Waals surface area contributed by atoms with E-state index in [1.54, 1.807) is 0 Å². The minimum Gasteiger partial charge on any atom is -0.444 e. The van der Waals surface area contributed by atoms with Gasteiger partial charge in [-0.1, -0.05) is 43.2 Å². The molecule has 0 heterocycles. The van der Waals surface area contributed by atoms with Gasteiger partial charge < -0.3 is 20.5 Å². The number of aliphatic hydroxyl groups is 1. The number of aliphatic hydroxyl groups excluding tert-OH is 1. The van der Waals surface area contributed by atoms with Crippen molar-refractivity contribution in [2.45, 2.75) is 83.5 Å². The van der Waals surface area contributed by atoms with E-state index >= 15 is 0 Å². The molecule has 3 N–H and O–H groups in total. The van der Waals surface area contributed by atoms with Gasteiger partial charge in [-0.2, -0.15) is 5.26 Å². The zero-order chi connectivity index (χ0) is 22.0. The van der Waals surface area contributed by atoms with E-state index in [1.807, 2.05) is 51.1 Å². The van der Waals surface area contributed by atoms with Crippen molar-refractivity contribution in [2.75, 3.05) is 13.1 Å². The Hall–Kier alpha value is -2.10. The third-order valence-corrected chi connectivity index (χ3v) is 5.75. The molecular weight excluding hydrogens is 378 g/mol. The first-order chi connectivity index (χ1) is 14.2. The van der Waals surface area contributed by atoms with Gasteiger partial charge in [0, 0.05) is 19.5 Å². The van der Waals surface area contributed by atoms with Crippen LogP contribution >= 0.6 is 0 Å². The number of alkyl carbamates (subject to hydrolysis) is 1. The number of carbonyl (C=O) groups is 1. The second-order valence-corrected chi connectivity index (χ2v) is 9.51. The Labute approximate surface area is 181 Å². The Balaban J connectivity index is 1.96. The van der Waals surface area contributed by atoms with Crippen molar-refractivity contribution >= 4 is 6.09 Å². The largest absolute Gasteiger partial charge is 0.444 e. The number of nitrogens with one attached hydrogen (secondary N) is 2. The van der Waals surface area contributed by atoms with Crippen LogP contribution in [-0.4, -0.2) is 42.0 Å². The average molecular weight is 416 g/mol. The van der Waals surface area contributed by atoms with E-state index in [0.29, 0.717) is 19.4 Å². The van der Waals surface area contributed by atoms with E-state index in [-0.39, 0.29) is 5.41 Å². The van der Waals surface area contributed by atoms with E-state index in [0.717, 1.165) is 31.4 Å². The van der Waals surface area contributed by atoms with Gasteiger partial charge >= 0.3 is 6.09 Å². The lowest BCUT2D eigenvalue weighted by molar-refractivity contribution is 0.0419. The van der Waals surface area contributed by atoms with E-state index in [2.05, 4.69) is 16.7 Å². The summed E-state index contributed by atoms with van der Waals surface area (Å²) in [5.74, 6) is 0. The van der Waals surface area contributed by atoms with Gasteiger partial charge in [0.2, 0.25) is 0 Å². The molecule has 0 spiro atoms. The SMILES string of the molecule is CC(C)(C)OC(=O)NC(Cc1ccccc1)C(O)CNCC1(CCC#N)CCCC1.